The van der Waals surface area contributed by atoms with Gasteiger partial charge in [0.25, 0.3) is 0 Å². The van der Waals surface area contributed by atoms with Gasteiger partial charge in [-0.1, -0.05) is 30.3 Å². The number of nitrogens with zero attached hydrogens (tertiary/aromatic N) is 2. The molecule has 0 bridgehead atoms. The summed E-state index contributed by atoms with van der Waals surface area (Å²) in [6.07, 6.45) is -4.61. The zero-order chi connectivity index (χ0) is 13.3. The minimum absolute atomic E-state index is 0.123. The first-order valence-electron chi connectivity index (χ1n) is 5.13. The van der Waals surface area contributed by atoms with Gasteiger partial charge in [-0.15, -0.1) is 0 Å². The van der Waals surface area contributed by atoms with Gasteiger partial charge in [0.05, 0.1) is 5.69 Å². The first kappa shape index (κ1) is 12.3. The van der Waals surface area contributed by atoms with Crippen molar-refractivity contribution in [2.75, 3.05) is 0 Å². The average Bonchev–Trinajstić information content (AvgIpc) is 2.74. The van der Waals surface area contributed by atoms with Gasteiger partial charge in [0.1, 0.15) is 0 Å². The molecule has 0 saturated carbocycles. The Morgan fingerprint density at radius 1 is 1.22 bits per heavy atom. The highest BCUT2D eigenvalue weighted by Crippen LogP contribution is 2.32. The third-order valence-electron chi connectivity index (χ3n) is 2.37. The second kappa shape index (κ2) is 4.29. The van der Waals surface area contributed by atoms with Crippen LogP contribution in [0.4, 0.5) is 13.2 Å². The summed E-state index contributed by atoms with van der Waals surface area (Å²) in [5, 5.41) is 3.69. The van der Waals surface area contributed by atoms with E-state index in [0.717, 1.165) is 13.0 Å². The van der Waals surface area contributed by atoms with Crippen molar-refractivity contribution < 1.29 is 18.0 Å². The van der Waals surface area contributed by atoms with Crippen molar-refractivity contribution in [1.29, 1.82) is 0 Å². The maximum Gasteiger partial charge on any atom is 0.433 e. The number of rotatable bonds is 1. The van der Waals surface area contributed by atoms with Crippen LogP contribution in [0.3, 0.4) is 0 Å². The lowest BCUT2D eigenvalue weighted by atomic mass is 10.1. The van der Waals surface area contributed by atoms with Crippen LogP contribution < -0.4 is 0 Å². The van der Waals surface area contributed by atoms with Crippen molar-refractivity contribution >= 4 is 5.91 Å². The summed E-state index contributed by atoms with van der Waals surface area (Å²) in [5.41, 5.74) is -0.407. The molecule has 0 atom stereocenters. The van der Waals surface area contributed by atoms with E-state index in [2.05, 4.69) is 5.10 Å². The molecule has 0 spiro atoms. The fourth-order valence-corrected chi connectivity index (χ4v) is 1.57. The van der Waals surface area contributed by atoms with Crippen LogP contribution in [0.2, 0.25) is 0 Å². The van der Waals surface area contributed by atoms with Gasteiger partial charge >= 0.3 is 6.18 Å². The second-order valence-electron chi connectivity index (χ2n) is 3.71. The molecule has 0 saturated heterocycles. The van der Waals surface area contributed by atoms with Crippen LogP contribution >= 0.6 is 0 Å². The van der Waals surface area contributed by atoms with Crippen LogP contribution in [-0.2, 0) is 6.18 Å². The number of carbonyl (C=O) groups excluding carboxylic acids is 1. The molecule has 0 aliphatic rings. The van der Waals surface area contributed by atoms with E-state index < -0.39 is 17.8 Å². The summed E-state index contributed by atoms with van der Waals surface area (Å²) in [6, 6.07) is 9.26. The quantitative estimate of drug-likeness (QED) is 0.783. The van der Waals surface area contributed by atoms with Crippen LogP contribution in [-0.4, -0.2) is 15.7 Å². The molecule has 0 aliphatic carbocycles. The number of carbonyl (C=O) groups is 1. The molecule has 2 rings (SSSR count). The van der Waals surface area contributed by atoms with Crippen LogP contribution in [0, 0.1) is 0 Å². The van der Waals surface area contributed by atoms with Gasteiger partial charge in [0.2, 0.25) is 5.91 Å². The molecule has 94 valence electrons. The summed E-state index contributed by atoms with van der Waals surface area (Å²) in [5.74, 6) is -0.774. The molecular weight excluding hydrogens is 245 g/mol. The average molecular weight is 254 g/mol. The van der Waals surface area contributed by atoms with Crippen molar-refractivity contribution in [3.05, 3.63) is 42.1 Å². The number of hydrogen-bond donors (Lipinski definition) is 0. The predicted molar refractivity (Wildman–Crippen MR) is 59.0 cm³/mol. The minimum atomic E-state index is -4.61. The second-order valence-corrected chi connectivity index (χ2v) is 3.71. The van der Waals surface area contributed by atoms with E-state index in [4.69, 9.17) is 0 Å². The molecule has 0 aliphatic heterocycles. The van der Waals surface area contributed by atoms with Crippen LogP contribution in [0.1, 0.15) is 17.4 Å². The van der Waals surface area contributed by atoms with E-state index in [0.29, 0.717) is 10.2 Å². The van der Waals surface area contributed by atoms with Crippen LogP contribution in [0.25, 0.3) is 11.3 Å². The molecule has 1 aromatic carbocycles. The predicted octanol–water partition coefficient (Wildman–Crippen LogP) is 3.23. The maximum absolute atomic E-state index is 12.7. The molecule has 2 aromatic rings. The highest BCUT2D eigenvalue weighted by Gasteiger charge is 2.37. The summed E-state index contributed by atoms with van der Waals surface area (Å²) in [6.45, 7) is 1.04. The molecule has 0 unspecified atom stereocenters. The van der Waals surface area contributed by atoms with Gasteiger partial charge in [0, 0.05) is 12.5 Å². The monoisotopic (exact) mass is 254 g/mol. The van der Waals surface area contributed by atoms with Crippen molar-refractivity contribution in [2.45, 2.75) is 13.1 Å². The first-order chi connectivity index (χ1) is 8.39. The molecule has 0 amide bonds. The van der Waals surface area contributed by atoms with Gasteiger partial charge in [-0.2, -0.15) is 23.0 Å². The SMILES string of the molecule is CC(=O)n1nc(-c2ccccc2)cc1C(F)(F)F. The van der Waals surface area contributed by atoms with E-state index in [1.165, 1.54) is 0 Å². The molecule has 18 heavy (non-hydrogen) atoms. The third-order valence-corrected chi connectivity index (χ3v) is 2.37. The van der Waals surface area contributed by atoms with Gasteiger partial charge in [-0.25, -0.2) is 0 Å². The Bertz CT molecular complexity index is 573. The number of halogens is 3. The lowest BCUT2D eigenvalue weighted by Crippen LogP contribution is -2.18. The summed E-state index contributed by atoms with van der Waals surface area (Å²) >= 11 is 0. The smallest absolute Gasteiger partial charge is 0.273 e. The first-order valence-corrected chi connectivity index (χ1v) is 5.13. The molecule has 1 heterocycles. The molecular formula is C12H9F3N2O. The number of alkyl halides is 3. The normalized spacial score (nSPS) is 11.6. The van der Waals surface area contributed by atoms with Crippen molar-refractivity contribution in [1.82, 2.24) is 9.78 Å². The Kier molecular flexibility index (Phi) is 2.94. The molecule has 6 heteroatoms. The van der Waals surface area contributed by atoms with Gasteiger partial charge in [0.15, 0.2) is 5.69 Å². The Morgan fingerprint density at radius 2 is 1.83 bits per heavy atom. The van der Waals surface area contributed by atoms with Crippen LogP contribution in [0.15, 0.2) is 36.4 Å². The summed E-state index contributed by atoms with van der Waals surface area (Å²) < 4.78 is 38.6. The van der Waals surface area contributed by atoms with E-state index in [1.807, 2.05) is 0 Å². The Balaban J connectivity index is 2.57. The highest BCUT2D eigenvalue weighted by atomic mass is 19.4. The van der Waals surface area contributed by atoms with Gasteiger partial charge < -0.3 is 0 Å². The maximum atomic E-state index is 12.7. The van der Waals surface area contributed by atoms with Crippen molar-refractivity contribution in [3.8, 4) is 11.3 Å². The molecule has 0 fully saturated rings. The zero-order valence-corrected chi connectivity index (χ0v) is 9.40. The lowest BCUT2D eigenvalue weighted by Gasteiger charge is -2.06. The fourth-order valence-electron chi connectivity index (χ4n) is 1.57. The van der Waals surface area contributed by atoms with Crippen molar-refractivity contribution in [2.24, 2.45) is 0 Å². The van der Waals surface area contributed by atoms with Crippen molar-refractivity contribution in [3.63, 3.8) is 0 Å². The van der Waals surface area contributed by atoms with Gasteiger partial charge in [-0.05, 0) is 6.07 Å². The molecule has 3 nitrogen and oxygen atoms in total. The Labute approximate surface area is 101 Å². The van der Waals surface area contributed by atoms with Crippen LogP contribution in [0.5, 0.6) is 0 Å². The Morgan fingerprint density at radius 3 is 2.28 bits per heavy atom. The number of benzene rings is 1. The Hall–Kier alpha value is -2.11. The standard InChI is InChI=1S/C12H9F3N2O/c1-8(18)17-11(12(13,14)15)7-10(16-17)9-5-3-2-4-6-9/h2-7H,1H3. The highest BCUT2D eigenvalue weighted by molar-refractivity contribution is 5.77. The van der Waals surface area contributed by atoms with E-state index in [9.17, 15) is 18.0 Å². The topological polar surface area (TPSA) is 34.9 Å². The number of hydrogen-bond acceptors (Lipinski definition) is 2. The molecule has 1 aromatic heterocycles. The fraction of sp³-hybridized carbons (Fsp3) is 0.167. The summed E-state index contributed by atoms with van der Waals surface area (Å²) in [7, 11) is 0. The van der Waals surface area contributed by atoms with E-state index in [-0.39, 0.29) is 5.69 Å². The third kappa shape index (κ3) is 2.27. The molecule has 0 N–H and O–H groups in total. The largest absolute Gasteiger partial charge is 0.433 e. The number of aromatic nitrogens is 2. The summed E-state index contributed by atoms with van der Waals surface area (Å²) in [4.78, 5) is 11.2. The van der Waals surface area contributed by atoms with Gasteiger partial charge in [-0.3, -0.25) is 4.79 Å². The zero-order valence-electron chi connectivity index (χ0n) is 9.40. The van der Waals surface area contributed by atoms with E-state index >= 15 is 0 Å². The lowest BCUT2D eigenvalue weighted by molar-refractivity contribution is -0.143. The van der Waals surface area contributed by atoms with E-state index in [1.54, 1.807) is 30.3 Å². The molecule has 0 radical (unpaired) electrons. The minimum Gasteiger partial charge on any atom is -0.273 e.